The lowest BCUT2D eigenvalue weighted by Gasteiger charge is -2.31. The summed E-state index contributed by atoms with van der Waals surface area (Å²) in [4.78, 5) is 11.3. The van der Waals surface area contributed by atoms with Crippen molar-refractivity contribution in [2.45, 2.75) is 20.0 Å². The molecule has 1 amide bonds. The first kappa shape index (κ1) is 9.00. The summed E-state index contributed by atoms with van der Waals surface area (Å²) in [6, 6.07) is 0. The Bertz CT molecular complexity index is 253. The number of allylic oxidation sites excluding steroid dienone is 1. The number of hydrogen-bond donors (Lipinski definition) is 2. The first-order valence-corrected chi connectivity index (χ1v) is 3.82. The van der Waals surface area contributed by atoms with Gasteiger partial charge in [-0.05, 0) is 26.0 Å². The molecule has 3 heteroatoms. The van der Waals surface area contributed by atoms with Gasteiger partial charge < -0.3 is 10.4 Å². The quantitative estimate of drug-likeness (QED) is 0.600. The highest BCUT2D eigenvalue weighted by molar-refractivity contribution is 5.86. The normalized spacial score (nSPS) is 27.4. The van der Waals surface area contributed by atoms with E-state index < -0.39 is 11.5 Å². The molecule has 0 spiro atoms. The molecule has 0 aromatic heterocycles. The lowest BCUT2D eigenvalue weighted by atomic mass is 9.82. The number of carbonyl (C=O) groups excluding carboxylic acids is 1. The fraction of sp³-hybridized carbons (Fsp3) is 0.444. The summed E-state index contributed by atoms with van der Waals surface area (Å²) in [5, 5.41) is 12.2. The lowest BCUT2D eigenvalue weighted by molar-refractivity contribution is -0.133. The van der Waals surface area contributed by atoms with Crippen LogP contribution < -0.4 is 5.32 Å². The van der Waals surface area contributed by atoms with Gasteiger partial charge in [0.1, 0.15) is 0 Å². The van der Waals surface area contributed by atoms with Gasteiger partial charge in [-0.3, -0.25) is 4.79 Å². The zero-order valence-corrected chi connectivity index (χ0v) is 7.29. The van der Waals surface area contributed by atoms with E-state index in [0.717, 1.165) is 0 Å². The van der Waals surface area contributed by atoms with Crippen molar-refractivity contribution >= 4 is 5.91 Å². The van der Waals surface area contributed by atoms with Gasteiger partial charge in [0, 0.05) is 5.70 Å². The fourth-order valence-electron chi connectivity index (χ4n) is 0.966. The molecular formula is C9H13NO2. The Morgan fingerprint density at radius 2 is 2.33 bits per heavy atom. The van der Waals surface area contributed by atoms with Crippen LogP contribution in [0.3, 0.4) is 0 Å². The summed E-state index contributed by atoms with van der Waals surface area (Å²) >= 11 is 0. The molecule has 12 heavy (non-hydrogen) atoms. The van der Waals surface area contributed by atoms with Crippen molar-refractivity contribution in [2.24, 2.45) is 5.41 Å². The largest absolute Gasteiger partial charge is 0.388 e. The van der Waals surface area contributed by atoms with Crippen LogP contribution in [-0.2, 0) is 4.79 Å². The molecule has 0 saturated heterocycles. The summed E-state index contributed by atoms with van der Waals surface area (Å²) in [5.74, 6) is -0.174. The first-order valence-electron chi connectivity index (χ1n) is 3.82. The van der Waals surface area contributed by atoms with E-state index in [1.54, 1.807) is 19.9 Å². The summed E-state index contributed by atoms with van der Waals surface area (Å²) in [6.07, 6.45) is 2.37. The maximum Gasteiger partial charge on any atom is 0.232 e. The zero-order valence-electron chi connectivity index (χ0n) is 7.29. The molecule has 0 aliphatic carbocycles. The van der Waals surface area contributed by atoms with Crippen LogP contribution >= 0.6 is 0 Å². The van der Waals surface area contributed by atoms with Crippen LogP contribution in [0.4, 0.5) is 0 Å². The molecule has 0 radical (unpaired) electrons. The highest BCUT2D eigenvalue weighted by atomic mass is 16.3. The van der Waals surface area contributed by atoms with Crippen molar-refractivity contribution in [1.29, 1.82) is 0 Å². The Morgan fingerprint density at radius 1 is 1.75 bits per heavy atom. The molecule has 1 aliphatic rings. The van der Waals surface area contributed by atoms with Crippen molar-refractivity contribution in [1.82, 2.24) is 5.32 Å². The Balaban J connectivity index is 2.99. The number of hydrogen-bond acceptors (Lipinski definition) is 2. The maximum atomic E-state index is 11.3. The van der Waals surface area contributed by atoms with E-state index in [0.29, 0.717) is 5.70 Å². The molecule has 3 nitrogen and oxygen atoms in total. The highest BCUT2D eigenvalue weighted by Gasteiger charge is 2.37. The van der Waals surface area contributed by atoms with Gasteiger partial charge in [-0.15, -0.1) is 0 Å². The number of nitrogens with one attached hydrogen (secondary N) is 1. The average molecular weight is 167 g/mol. The molecule has 1 rings (SSSR count). The van der Waals surface area contributed by atoms with Gasteiger partial charge >= 0.3 is 0 Å². The number of carbonyl (C=O) groups is 1. The van der Waals surface area contributed by atoms with Crippen molar-refractivity contribution in [3.63, 3.8) is 0 Å². The molecular weight excluding hydrogens is 154 g/mol. The second-order valence-corrected chi connectivity index (χ2v) is 3.45. The third-order valence-electron chi connectivity index (χ3n) is 2.14. The highest BCUT2D eigenvalue weighted by Crippen LogP contribution is 2.26. The average Bonchev–Trinajstić information content (AvgIpc) is 2.00. The molecule has 0 fully saturated rings. The third-order valence-corrected chi connectivity index (χ3v) is 2.14. The van der Waals surface area contributed by atoms with Crippen LogP contribution in [0.25, 0.3) is 0 Å². The van der Waals surface area contributed by atoms with Gasteiger partial charge in [0.25, 0.3) is 0 Å². The van der Waals surface area contributed by atoms with Gasteiger partial charge in [-0.25, -0.2) is 0 Å². The summed E-state index contributed by atoms with van der Waals surface area (Å²) in [7, 11) is 0. The van der Waals surface area contributed by atoms with E-state index in [4.69, 9.17) is 0 Å². The second-order valence-electron chi connectivity index (χ2n) is 3.45. The summed E-state index contributed by atoms with van der Waals surface area (Å²) < 4.78 is 0. The van der Waals surface area contributed by atoms with Crippen LogP contribution in [0.1, 0.15) is 13.8 Å². The number of rotatable bonds is 1. The molecule has 66 valence electrons. The SMILES string of the molecule is C=CC1=CC(O)C(C)(C)C(=O)N1. The van der Waals surface area contributed by atoms with Crippen molar-refractivity contribution in [3.05, 3.63) is 24.4 Å². The van der Waals surface area contributed by atoms with E-state index >= 15 is 0 Å². The van der Waals surface area contributed by atoms with Gasteiger partial charge in [0.2, 0.25) is 5.91 Å². The minimum absolute atomic E-state index is 0.174. The second kappa shape index (κ2) is 2.75. The van der Waals surface area contributed by atoms with Gasteiger partial charge in [-0.1, -0.05) is 6.58 Å². The van der Waals surface area contributed by atoms with Gasteiger partial charge in [-0.2, -0.15) is 0 Å². The minimum atomic E-state index is -0.744. The topological polar surface area (TPSA) is 49.3 Å². The molecule has 0 aromatic rings. The Morgan fingerprint density at radius 3 is 2.75 bits per heavy atom. The molecule has 1 heterocycles. The molecule has 1 unspecified atom stereocenters. The van der Waals surface area contributed by atoms with E-state index in [1.807, 2.05) is 0 Å². The van der Waals surface area contributed by atoms with Crippen LogP contribution in [0.5, 0.6) is 0 Å². The molecule has 2 N–H and O–H groups in total. The molecule has 0 bridgehead atoms. The van der Waals surface area contributed by atoms with Crippen LogP contribution in [0.2, 0.25) is 0 Å². The smallest absolute Gasteiger partial charge is 0.232 e. The number of aliphatic hydroxyl groups is 1. The molecule has 1 atom stereocenters. The van der Waals surface area contributed by atoms with Crippen LogP contribution in [-0.4, -0.2) is 17.1 Å². The van der Waals surface area contributed by atoms with Gasteiger partial charge in [0.15, 0.2) is 0 Å². The van der Waals surface area contributed by atoms with E-state index in [1.165, 1.54) is 6.08 Å². The number of amides is 1. The van der Waals surface area contributed by atoms with Crippen molar-refractivity contribution in [2.75, 3.05) is 0 Å². The van der Waals surface area contributed by atoms with E-state index in [-0.39, 0.29) is 5.91 Å². The van der Waals surface area contributed by atoms with Gasteiger partial charge in [0.05, 0.1) is 11.5 Å². The Labute approximate surface area is 71.8 Å². The predicted octanol–water partition coefficient (Wildman–Crippen LogP) is 0.573. The lowest BCUT2D eigenvalue weighted by Crippen LogP contribution is -2.47. The van der Waals surface area contributed by atoms with Crippen molar-refractivity contribution in [3.8, 4) is 0 Å². The Hall–Kier alpha value is -1.09. The van der Waals surface area contributed by atoms with Crippen LogP contribution in [0, 0.1) is 5.41 Å². The predicted molar refractivity (Wildman–Crippen MR) is 46.2 cm³/mol. The Kier molecular flexibility index (Phi) is 2.06. The summed E-state index contributed by atoms with van der Waals surface area (Å²) in [5.41, 5.74) is -0.168. The van der Waals surface area contributed by atoms with Crippen molar-refractivity contribution < 1.29 is 9.90 Å². The summed E-state index contributed by atoms with van der Waals surface area (Å²) in [6.45, 7) is 6.90. The van der Waals surface area contributed by atoms with E-state index in [9.17, 15) is 9.90 Å². The molecule has 0 saturated carbocycles. The maximum absolute atomic E-state index is 11.3. The minimum Gasteiger partial charge on any atom is -0.388 e. The molecule has 0 aromatic carbocycles. The third kappa shape index (κ3) is 1.28. The fourth-order valence-corrected chi connectivity index (χ4v) is 0.966. The first-order chi connectivity index (χ1) is 5.48. The van der Waals surface area contributed by atoms with E-state index in [2.05, 4.69) is 11.9 Å². The monoisotopic (exact) mass is 167 g/mol. The van der Waals surface area contributed by atoms with Crippen LogP contribution in [0.15, 0.2) is 24.4 Å². The number of aliphatic hydroxyl groups excluding tert-OH is 1. The standard InChI is InChI=1S/C9H13NO2/c1-4-6-5-7(11)9(2,3)8(12)10-6/h4-5,7,11H,1H2,2-3H3,(H,10,12). The zero-order chi connectivity index (χ0) is 9.35. The molecule has 1 aliphatic heterocycles.